The van der Waals surface area contributed by atoms with Gasteiger partial charge in [-0.1, -0.05) is 13.0 Å². The van der Waals surface area contributed by atoms with Crippen LogP contribution in [-0.4, -0.2) is 20.2 Å². The Kier molecular flexibility index (Phi) is 4.59. The molecule has 2 atom stereocenters. The van der Waals surface area contributed by atoms with Crippen molar-refractivity contribution in [1.82, 2.24) is 5.32 Å². The van der Waals surface area contributed by atoms with E-state index < -0.39 is 0 Å². The highest BCUT2D eigenvalue weighted by Crippen LogP contribution is 2.43. The summed E-state index contributed by atoms with van der Waals surface area (Å²) < 4.78 is 19.0. The molecule has 0 heterocycles. The lowest BCUT2D eigenvalue weighted by Gasteiger charge is -2.37. The Morgan fingerprint density at radius 2 is 2.22 bits per heavy atom. The minimum absolute atomic E-state index is 0.125. The van der Waals surface area contributed by atoms with Crippen LogP contribution in [0.4, 0.5) is 4.39 Å². The number of hydrogen-bond donors (Lipinski definition) is 1. The predicted molar refractivity (Wildman–Crippen MR) is 71.6 cm³/mol. The maximum absolute atomic E-state index is 14.0. The van der Waals surface area contributed by atoms with Crippen LogP contribution in [0.15, 0.2) is 18.2 Å². The molecular weight excluding hydrogens is 229 g/mol. The fourth-order valence-corrected chi connectivity index (χ4v) is 2.62. The van der Waals surface area contributed by atoms with Crippen LogP contribution in [0.2, 0.25) is 0 Å². The Labute approximate surface area is 109 Å². The maximum atomic E-state index is 14.0. The average Bonchev–Trinajstić information content (AvgIpc) is 2.35. The van der Waals surface area contributed by atoms with Crippen LogP contribution >= 0.6 is 0 Å². The SMILES string of the molecule is CCCNCC1CCC1c1ccc(OC)cc1F. The molecule has 0 amide bonds. The fraction of sp³-hybridized carbons (Fsp3) is 0.600. The summed E-state index contributed by atoms with van der Waals surface area (Å²) >= 11 is 0. The number of benzene rings is 1. The first-order valence-electron chi connectivity index (χ1n) is 6.80. The number of halogens is 1. The Morgan fingerprint density at radius 3 is 2.78 bits per heavy atom. The van der Waals surface area contributed by atoms with Gasteiger partial charge in [0, 0.05) is 6.07 Å². The van der Waals surface area contributed by atoms with Gasteiger partial charge in [-0.15, -0.1) is 0 Å². The number of hydrogen-bond acceptors (Lipinski definition) is 2. The van der Waals surface area contributed by atoms with Gasteiger partial charge in [0.05, 0.1) is 7.11 Å². The number of rotatable bonds is 6. The highest BCUT2D eigenvalue weighted by Gasteiger charge is 2.33. The Morgan fingerprint density at radius 1 is 1.39 bits per heavy atom. The van der Waals surface area contributed by atoms with Crippen molar-refractivity contribution < 1.29 is 9.13 Å². The third-order valence-corrected chi connectivity index (χ3v) is 3.86. The molecule has 1 saturated carbocycles. The molecule has 0 aromatic heterocycles. The van der Waals surface area contributed by atoms with Gasteiger partial charge in [0.1, 0.15) is 11.6 Å². The zero-order valence-corrected chi connectivity index (χ0v) is 11.2. The zero-order chi connectivity index (χ0) is 13.0. The molecule has 2 unspecified atom stereocenters. The summed E-state index contributed by atoms with van der Waals surface area (Å²) in [6.07, 6.45) is 3.45. The van der Waals surface area contributed by atoms with Crippen molar-refractivity contribution in [3.63, 3.8) is 0 Å². The van der Waals surface area contributed by atoms with E-state index in [-0.39, 0.29) is 5.82 Å². The number of methoxy groups -OCH3 is 1. The van der Waals surface area contributed by atoms with E-state index in [0.29, 0.717) is 17.6 Å². The van der Waals surface area contributed by atoms with Crippen LogP contribution in [0.3, 0.4) is 0 Å². The normalized spacial score (nSPS) is 22.6. The second-order valence-corrected chi connectivity index (χ2v) is 5.04. The summed E-state index contributed by atoms with van der Waals surface area (Å²) in [6, 6.07) is 5.22. The number of ether oxygens (including phenoxy) is 1. The van der Waals surface area contributed by atoms with Gasteiger partial charge in [0.15, 0.2) is 0 Å². The van der Waals surface area contributed by atoms with Gasteiger partial charge in [-0.25, -0.2) is 4.39 Å². The maximum Gasteiger partial charge on any atom is 0.130 e. The lowest BCUT2D eigenvalue weighted by atomic mass is 9.70. The van der Waals surface area contributed by atoms with Crippen LogP contribution in [0.25, 0.3) is 0 Å². The zero-order valence-electron chi connectivity index (χ0n) is 11.2. The standard InChI is InChI=1S/C15H22FNO/c1-3-8-17-10-11-4-6-13(11)14-7-5-12(18-2)9-15(14)16/h5,7,9,11,13,17H,3-4,6,8,10H2,1-2H3. The molecule has 1 fully saturated rings. The minimum atomic E-state index is -0.125. The summed E-state index contributed by atoms with van der Waals surface area (Å²) in [5.41, 5.74) is 0.852. The predicted octanol–water partition coefficient (Wildman–Crippen LogP) is 3.33. The van der Waals surface area contributed by atoms with E-state index in [1.807, 2.05) is 12.1 Å². The van der Waals surface area contributed by atoms with Crippen molar-refractivity contribution in [2.24, 2.45) is 5.92 Å². The lowest BCUT2D eigenvalue weighted by Crippen LogP contribution is -2.34. The van der Waals surface area contributed by atoms with Gasteiger partial charge in [0.2, 0.25) is 0 Å². The van der Waals surface area contributed by atoms with E-state index in [9.17, 15) is 4.39 Å². The molecule has 0 aliphatic heterocycles. The molecule has 100 valence electrons. The Bertz CT molecular complexity index is 394. The van der Waals surface area contributed by atoms with Crippen molar-refractivity contribution in [2.75, 3.05) is 20.2 Å². The van der Waals surface area contributed by atoms with Gasteiger partial charge in [-0.2, -0.15) is 0 Å². The van der Waals surface area contributed by atoms with Crippen molar-refractivity contribution in [2.45, 2.75) is 32.1 Å². The van der Waals surface area contributed by atoms with Crippen LogP contribution in [0, 0.1) is 11.7 Å². The van der Waals surface area contributed by atoms with Crippen LogP contribution in [-0.2, 0) is 0 Å². The van der Waals surface area contributed by atoms with E-state index in [1.165, 1.54) is 12.5 Å². The molecule has 0 saturated heterocycles. The summed E-state index contributed by atoms with van der Waals surface area (Å²) in [5, 5.41) is 3.43. The molecule has 2 nitrogen and oxygen atoms in total. The quantitative estimate of drug-likeness (QED) is 0.783. The van der Waals surface area contributed by atoms with Crippen molar-refractivity contribution in [1.29, 1.82) is 0 Å². The van der Waals surface area contributed by atoms with Gasteiger partial charge in [0.25, 0.3) is 0 Å². The highest BCUT2D eigenvalue weighted by molar-refractivity contribution is 5.32. The Balaban J connectivity index is 1.98. The third-order valence-electron chi connectivity index (χ3n) is 3.86. The van der Waals surface area contributed by atoms with E-state index in [2.05, 4.69) is 12.2 Å². The molecule has 0 radical (unpaired) electrons. The van der Waals surface area contributed by atoms with Gasteiger partial charge in [-0.3, -0.25) is 0 Å². The molecule has 18 heavy (non-hydrogen) atoms. The van der Waals surface area contributed by atoms with Gasteiger partial charge < -0.3 is 10.1 Å². The molecule has 1 aliphatic carbocycles. The van der Waals surface area contributed by atoms with E-state index in [1.54, 1.807) is 7.11 Å². The van der Waals surface area contributed by atoms with Gasteiger partial charge >= 0.3 is 0 Å². The third kappa shape index (κ3) is 2.83. The van der Waals surface area contributed by atoms with Crippen LogP contribution < -0.4 is 10.1 Å². The Hall–Kier alpha value is -1.09. The van der Waals surface area contributed by atoms with E-state index in [0.717, 1.165) is 31.5 Å². The summed E-state index contributed by atoms with van der Waals surface area (Å²) in [7, 11) is 1.56. The van der Waals surface area contributed by atoms with E-state index >= 15 is 0 Å². The molecular formula is C15H22FNO. The average molecular weight is 251 g/mol. The van der Waals surface area contributed by atoms with Crippen LogP contribution in [0.1, 0.15) is 37.7 Å². The van der Waals surface area contributed by atoms with Crippen molar-refractivity contribution >= 4 is 0 Å². The second-order valence-electron chi connectivity index (χ2n) is 5.04. The van der Waals surface area contributed by atoms with Crippen LogP contribution in [0.5, 0.6) is 5.75 Å². The summed E-state index contributed by atoms with van der Waals surface area (Å²) in [5.74, 6) is 1.43. The monoisotopic (exact) mass is 251 g/mol. The summed E-state index contributed by atoms with van der Waals surface area (Å²) in [6.45, 7) is 4.21. The first-order valence-corrected chi connectivity index (χ1v) is 6.80. The molecule has 1 aromatic rings. The van der Waals surface area contributed by atoms with Crippen molar-refractivity contribution in [3.8, 4) is 5.75 Å². The lowest BCUT2D eigenvalue weighted by molar-refractivity contribution is 0.240. The van der Waals surface area contributed by atoms with E-state index in [4.69, 9.17) is 4.74 Å². The van der Waals surface area contributed by atoms with Gasteiger partial charge in [-0.05, 0) is 55.8 Å². The number of nitrogens with one attached hydrogen (secondary N) is 1. The molecule has 1 aliphatic rings. The topological polar surface area (TPSA) is 21.3 Å². The molecule has 2 rings (SSSR count). The molecule has 3 heteroatoms. The first kappa shape index (κ1) is 13.3. The fourth-order valence-electron chi connectivity index (χ4n) is 2.62. The largest absolute Gasteiger partial charge is 0.497 e. The molecule has 1 N–H and O–H groups in total. The molecule has 1 aromatic carbocycles. The second kappa shape index (κ2) is 6.19. The molecule has 0 bridgehead atoms. The smallest absolute Gasteiger partial charge is 0.130 e. The minimum Gasteiger partial charge on any atom is -0.497 e. The highest BCUT2D eigenvalue weighted by atomic mass is 19.1. The molecule has 0 spiro atoms. The summed E-state index contributed by atoms with van der Waals surface area (Å²) in [4.78, 5) is 0. The van der Waals surface area contributed by atoms with Crippen molar-refractivity contribution in [3.05, 3.63) is 29.6 Å². The first-order chi connectivity index (χ1) is 8.76.